The van der Waals surface area contributed by atoms with Crippen molar-refractivity contribution < 1.29 is 23.2 Å². The monoisotopic (exact) mass is 473 g/mol. The van der Waals surface area contributed by atoms with Gasteiger partial charge in [-0.2, -0.15) is 0 Å². The summed E-state index contributed by atoms with van der Waals surface area (Å²) in [6.07, 6.45) is -1.73. The zero-order valence-electron chi connectivity index (χ0n) is 18.0. The van der Waals surface area contributed by atoms with Gasteiger partial charge < -0.3 is 14.8 Å². The molecule has 0 amide bonds. The minimum absolute atomic E-state index is 0.0641. The fraction of sp³-hybridized carbons (Fsp3) is 0.250. The van der Waals surface area contributed by atoms with Gasteiger partial charge in [-0.3, -0.25) is 0 Å². The smallest absolute Gasteiger partial charge is 0.240 e. The summed E-state index contributed by atoms with van der Waals surface area (Å²) in [5, 5.41) is 22.9. The van der Waals surface area contributed by atoms with E-state index >= 15 is 0 Å². The summed E-state index contributed by atoms with van der Waals surface area (Å²) in [6.45, 7) is 2.80. The van der Waals surface area contributed by atoms with Crippen molar-refractivity contribution in [2.45, 2.75) is 30.4 Å². The predicted molar refractivity (Wildman–Crippen MR) is 128 cm³/mol. The van der Waals surface area contributed by atoms with Crippen LogP contribution in [0.25, 0.3) is 0 Å². The quantitative estimate of drug-likeness (QED) is 0.414. The Labute approximate surface area is 189 Å². The second kappa shape index (κ2) is 9.69. The Morgan fingerprint density at radius 1 is 0.906 bits per heavy atom. The lowest BCUT2D eigenvalue weighted by atomic mass is 10.0. The number of nitrogens with one attached hydrogen (secondary N) is 1. The minimum Gasteiger partial charge on any atom is -0.389 e. The van der Waals surface area contributed by atoms with Crippen LogP contribution in [0.1, 0.15) is 12.5 Å². The molecule has 0 bridgehead atoms. The maximum Gasteiger partial charge on any atom is 0.240 e. The molecule has 0 saturated carbocycles. The second-order valence-corrected chi connectivity index (χ2v) is 12.7. The van der Waals surface area contributed by atoms with Crippen LogP contribution in [0.3, 0.4) is 0 Å². The summed E-state index contributed by atoms with van der Waals surface area (Å²) in [5.74, 6) is 0. The van der Waals surface area contributed by atoms with E-state index in [1.807, 2.05) is 19.1 Å². The molecule has 0 unspecified atom stereocenters. The van der Waals surface area contributed by atoms with E-state index in [9.17, 15) is 23.2 Å². The molecule has 3 rings (SSSR count). The van der Waals surface area contributed by atoms with Crippen molar-refractivity contribution in [3.8, 4) is 0 Å². The van der Waals surface area contributed by atoms with Crippen LogP contribution in [0, 0.1) is 6.92 Å². The lowest BCUT2D eigenvalue weighted by Gasteiger charge is -2.33. The molecule has 8 heteroatoms. The van der Waals surface area contributed by atoms with Gasteiger partial charge >= 0.3 is 0 Å². The Kier molecular flexibility index (Phi) is 7.38. The van der Waals surface area contributed by atoms with Crippen molar-refractivity contribution in [2.24, 2.45) is 0 Å². The molecule has 0 saturated heterocycles. The van der Waals surface area contributed by atoms with Gasteiger partial charge in [-0.25, -0.2) is 13.1 Å². The van der Waals surface area contributed by atoms with Crippen LogP contribution in [0.2, 0.25) is 0 Å². The average Bonchev–Trinajstić information content (AvgIpc) is 2.78. The van der Waals surface area contributed by atoms with E-state index in [0.29, 0.717) is 10.6 Å². The Hall–Kier alpha value is -2.28. The van der Waals surface area contributed by atoms with Crippen LogP contribution in [0.5, 0.6) is 0 Å². The number of sulfonamides is 1. The molecule has 0 aliphatic carbocycles. The first-order chi connectivity index (χ1) is 15.0. The fourth-order valence-corrected chi connectivity index (χ4v) is 7.56. The van der Waals surface area contributed by atoms with E-state index in [-0.39, 0.29) is 11.1 Å². The summed E-state index contributed by atoms with van der Waals surface area (Å²) >= 11 is 0. The highest BCUT2D eigenvalue weighted by Crippen LogP contribution is 2.46. The molecule has 3 aromatic rings. The molecule has 2 atom stereocenters. The standard InChI is InChI=1S/C24H28NO5PS/c1-19-13-15-22(16-14-19)32(29,30)25-17-23(26)24(2,27)18-31(28,20-9-5-3-6-10-20)21-11-7-4-8-12-21/h3-16,23,25-27H,17-18H2,1-2H3/t23-,24-/m0/s1. The highest BCUT2D eigenvalue weighted by molar-refractivity contribution is 7.89. The molecule has 6 nitrogen and oxygen atoms in total. The zero-order valence-corrected chi connectivity index (χ0v) is 19.8. The molecular formula is C24H28NO5PS. The second-order valence-electron chi connectivity index (χ2n) is 8.11. The van der Waals surface area contributed by atoms with E-state index in [0.717, 1.165) is 5.56 Å². The number of aliphatic hydroxyl groups excluding tert-OH is 1. The Bertz CT molecular complexity index is 1140. The number of aryl methyl sites for hydroxylation is 1. The SMILES string of the molecule is Cc1ccc(S(=O)(=O)NC[C@H](O)[C@@](C)(O)CP(=O)(c2ccccc2)c2ccccc2)cc1. The number of benzene rings is 3. The third-order valence-electron chi connectivity index (χ3n) is 5.41. The van der Waals surface area contributed by atoms with Gasteiger partial charge in [0.25, 0.3) is 0 Å². The summed E-state index contributed by atoms with van der Waals surface area (Å²) < 4.78 is 41.6. The average molecular weight is 474 g/mol. The van der Waals surface area contributed by atoms with Crippen molar-refractivity contribution in [2.75, 3.05) is 12.7 Å². The molecule has 0 aliphatic heterocycles. The zero-order chi connectivity index (χ0) is 23.4. The number of hydrogen-bond donors (Lipinski definition) is 3. The van der Waals surface area contributed by atoms with E-state index in [1.165, 1.54) is 19.1 Å². The van der Waals surface area contributed by atoms with Gasteiger partial charge in [0.15, 0.2) is 0 Å². The van der Waals surface area contributed by atoms with Gasteiger partial charge in [0, 0.05) is 23.3 Å². The molecular weight excluding hydrogens is 445 g/mol. The third-order valence-corrected chi connectivity index (χ3v) is 10.2. The lowest BCUT2D eigenvalue weighted by molar-refractivity contribution is -0.0413. The number of aliphatic hydroxyl groups is 2. The van der Waals surface area contributed by atoms with E-state index < -0.39 is 35.4 Å². The maximum absolute atomic E-state index is 14.2. The Morgan fingerprint density at radius 3 is 1.84 bits per heavy atom. The maximum atomic E-state index is 14.2. The largest absolute Gasteiger partial charge is 0.389 e. The van der Waals surface area contributed by atoms with E-state index in [1.54, 1.807) is 60.7 Å². The first-order valence-corrected chi connectivity index (χ1v) is 13.6. The van der Waals surface area contributed by atoms with Crippen molar-refractivity contribution >= 4 is 27.8 Å². The third kappa shape index (κ3) is 5.55. The van der Waals surface area contributed by atoms with Crippen molar-refractivity contribution in [3.63, 3.8) is 0 Å². The van der Waals surface area contributed by atoms with Gasteiger partial charge in [0.05, 0.1) is 16.6 Å². The summed E-state index contributed by atoms with van der Waals surface area (Å²) in [4.78, 5) is 0.0641. The molecule has 3 aromatic carbocycles. The molecule has 170 valence electrons. The molecule has 32 heavy (non-hydrogen) atoms. The Balaban J connectivity index is 1.82. The van der Waals surface area contributed by atoms with Gasteiger partial charge in [0.1, 0.15) is 7.14 Å². The van der Waals surface area contributed by atoms with Gasteiger partial charge in [0.2, 0.25) is 10.0 Å². The van der Waals surface area contributed by atoms with Crippen LogP contribution in [0.15, 0.2) is 89.8 Å². The van der Waals surface area contributed by atoms with Crippen LogP contribution in [0.4, 0.5) is 0 Å². The van der Waals surface area contributed by atoms with Crippen LogP contribution >= 0.6 is 7.14 Å². The molecule has 0 aliphatic rings. The van der Waals surface area contributed by atoms with Crippen LogP contribution in [-0.2, 0) is 14.6 Å². The van der Waals surface area contributed by atoms with Gasteiger partial charge in [-0.05, 0) is 26.0 Å². The highest BCUT2D eigenvalue weighted by atomic mass is 32.2. The van der Waals surface area contributed by atoms with Crippen LogP contribution < -0.4 is 15.3 Å². The van der Waals surface area contributed by atoms with E-state index in [2.05, 4.69) is 4.72 Å². The number of hydrogen-bond acceptors (Lipinski definition) is 5. The van der Waals surface area contributed by atoms with Crippen molar-refractivity contribution in [3.05, 3.63) is 90.5 Å². The number of rotatable bonds is 9. The first kappa shape index (κ1) is 24.4. The van der Waals surface area contributed by atoms with Crippen LogP contribution in [-0.4, -0.2) is 43.0 Å². The molecule has 0 radical (unpaired) electrons. The molecule has 0 fully saturated rings. The Morgan fingerprint density at radius 2 is 1.38 bits per heavy atom. The highest BCUT2D eigenvalue weighted by Gasteiger charge is 2.40. The van der Waals surface area contributed by atoms with E-state index in [4.69, 9.17) is 0 Å². The molecule has 0 spiro atoms. The molecule has 3 N–H and O–H groups in total. The minimum atomic E-state index is -3.87. The molecule has 0 heterocycles. The summed E-state index contributed by atoms with van der Waals surface area (Å²) in [6, 6.07) is 23.9. The van der Waals surface area contributed by atoms with Crippen molar-refractivity contribution in [1.82, 2.24) is 4.72 Å². The summed E-state index contributed by atoms with van der Waals surface area (Å²) in [7, 11) is -7.19. The van der Waals surface area contributed by atoms with Gasteiger partial charge in [-0.15, -0.1) is 0 Å². The van der Waals surface area contributed by atoms with Gasteiger partial charge in [-0.1, -0.05) is 78.4 Å². The first-order valence-electron chi connectivity index (χ1n) is 10.2. The fourth-order valence-electron chi connectivity index (χ4n) is 3.43. The van der Waals surface area contributed by atoms with Crippen molar-refractivity contribution in [1.29, 1.82) is 0 Å². The topological polar surface area (TPSA) is 104 Å². The predicted octanol–water partition coefficient (Wildman–Crippen LogP) is 2.40. The molecule has 0 aromatic heterocycles. The normalized spacial score (nSPS) is 15.1. The summed E-state index contributed by atoms with van der Waals surface area (Å²) in [5.41, 5.74) is -0.902. The lowest BCUT2D eigenvalue weighted by Crippen LogP contribution is -2.50.